The Balaban J connectivity index is 1.44. The van der Waals surface area contributed by atoms with E-state index in [1.54, 1.807) is 26.4 Å². The number of rotatable bonds is 10. The number of hydrogen-bond donors (Lipinski definition) is 2. The predicted molar refractivity (Wildman–Crippen MR) is 131 cm³/mol. The van der Waals surface area contributed by atoms with Crippen LogP contribution in [-0.2, 0) is 11.2 Å². The summed E-state index contributed by atoms with van der Waals surface area (Å²) in [6.45, 7) is 0.479. The van der Waals surface area contributed by atoms with Crippen LogP contribution < -0.4 is 20.1 Å². The van der Waals surface area contributed by atoms with Crippen LogP contribution in [0.15, 0.2) is 40.7 Å². The maximum Gasteiger partial charge on any atom is 0.259 e. The summed E-state index contributed by atoms with van der Waals surface area (Å²) in [5.41, 5.74) is 1.26. The molecule has 0 atom stereocenters. The highest BCUT2D eigenvalue weighted by Gasteiger charge is 2.15. The van der Waals surface area contributed by atoms with Gasteiger partial charge in [-0.25, -0.2) is 0 Å². The Morgan fingerprint density at radius 3 is 2.61 bits per heavy atom. The second-order valence-corrected chi connectivity index (χ2v) is 9.57. The topological polar surface area (TPSA) is 102 Å². The molecular formula is C21H20Cl2N4O4S2. The minimum Gasteiger partial charge on any atom is -0.493 e. The molecule has 0 aliphatic rings. The molecule has 8 nitrogen and oxygen atoms in total. The zero-order valence-electron chi connectivity index (χ0n) is 17.7. The summed E-state index contributed by atoms with van der Waals surface area (Å²) in [5.74, 6) is 0.906. The van der Waals surface area contributed by atoms with Gasteiger partial charge in [-0.05, 0) is 42.3 Å². The highest BCUT2D eigenvalue weighted by atomic mass is 35.5. The Kier molecular flexibility index (Phi) is 9.19. The zero-order valence-corrected chi connectivity index (χ0v) is 20.8. The second-order valence-electron chi connectivity index (χ2n) is 6.53. The lowest BCUT2D eigenvalue weighted by molar-refractivity contribution is -0.118. The van der Waals surface area contributed by atoms with Crippen LogP contribution in [0.4, 0.5) is 5.13 Å². The average Bonchev–Trinajstić information content (AvgIpc) is 3.26. The van der Waals surface area contributed by atoms with Crippen molar-refractivity contribution in [3.05, 3.63) is 57.6 Å². The zero-order chi connectivity index (χ0) is 23.8. The molecule has 12 heteroatoms. The van der Waals surface area contributed by atoms with Crippen LogP contribution >= 0.6 is 46.3 Å². The number of carbonyl (C=O) groups is 2. The van der Waals surface area contributed by atoms with Crippen molar-refractivity contribution in [1.82, 2.24) is 15.5 Å². The number of carbonyl (C=O) groups excluding carboxylic acids is 2. The molecule has 1 aromatic heterocycles. The van der Waals surface area contributed by atoms with Crippen LogP contribution in [0.2, 0.25) is 10.0 Å². The van der Waals surface area contributed by atoms with E-state index in [4.69, 9.17) is 32.7 Å². The minimum absolute atomic E-state index is 0.132. The van der Waals surface area contributed by atoms with E-state index in [0.717, 1.165) is 16.9 Å². The van der Waals surface area contributed by atoms with Crippen molar-refractivity contribution < 1.29 is 19.1 Å². The molecule has 0 aliphatic carbocycles. The molecular weight excluding hydrogens is 507 g/mol. The summed E-state index contributed by atoms with van der Waals surface area (Å²) >= 11 is 14.4. The third-order valence-electron chi connectivity index (χ3n) is 4.31. The Morgan fingerprint density at radius 1 is 1.06 bits per heavy atom. The summed E-state index contributed by atoms with van der Waals surface area (Å²) in [5, 5.41) is 14.4. The lowest BCUT2D eigenvalue weighted by Crippen LogP contribution is -2.27. The van der Waals surface area contributed by atoms with E-state index in [1.807, 2.05) is 18.2 Å². The van der Waals surface area contributed by atoms with Crippen LogP contribution in [-0.4, -0.2) is 48.5 Å². The summed E-state index contributed by atoms with van der Waals surface area (Å²) in [7, 11) is 3.16. The molecule has 0 fully saturated rings. The number of halogens is 2. The van der Waals surface area contributed by atoms with Crippen LogP contribution in [0, 0.1) is 0 Å². The fourth-order valence-electron chi connectivity index (χ4n) is 2.72. The average molecular weight is 527 g/mol. The lowest BCUT2D eigenvalue weighted by Gasteiger charge is -2.10. The van der Waals surface area contributed by atoms with E-state index in [2.05, 4.69) is 20.8 Å². The van der Waals surface area contributed by atoms with Gasteiger partial charge in [0.25, 0.3) is 5.91 Å². The van der Waals surface area contributed by atoms with Crippen molar-refractivity contribution in [2.24, 2.45) is 0 Å². The van der Waals surface area contributed by atoms with E-state index in [0.29, 0.717) is 39.0 Å². The molecule has 0 unspecified atom stereocenters. The van der Waals surface area contributed by atoms with Gasteiger partial charge in [-0.15, -0.1) is 10.2 Å². The van der Waals surface area contributed by atoms with Crippen molar-refractivity contribution in [3.63, 3.8) is 0 Å². The quantitative estimate of drug-likeness (QED) is 0.294. The van der Waals surface area contributed by atoms with E-state index >= 15 is 0 Å². The molecule has 2 aromatic carbocycles. The van der Waals surface area contributed by atoms with Crippen LogP contribution in [0.3, 0.4) is 0 Å². The van der Waals surface area contributed by atoms with Gasteiger partial charge in [-0.2, -0.15) is 0 Å². The number of hydrogen-bond acceptors (Lipinski definition) is 8. The number of benzene rings is 2. The third-order valence-corrected chi connectivity index (χ3v) is 6.85. The monoisotopic (exact) mass is 526 g/mol. The second kappa shape index (κ2) is 12.1. The number of nitrogens with zero attached hydrogens (tertiary/aromatic N) is 2. The summed E-state index contributed by atoms with van der Waals surface area (Å²) in [4.78, 5) is 24.5. The van der Waals surface area contributed by atoms with Crippen molar-refractivity contribution in [2.75, 3.05) is 31.8 Å². The summed E-state index contributed by atoms with van der Waals surface area (Å²) < 4.78 is 11.1. The number of methoxy groups -OCH3 is 2. The van der Waals surface area contributed by atoms with Gasteiger partial charge in [0, 0.05) is 11.6 Å². The number of aromatic nitrogens is 2. The smallest absolute Gasteiger partial charge is 0.259 e. The first kappa shape index (κ1) is 25.1. The largest absolute Gasteiger partial charge is 0.493 e. The SMILES string of the molecule is COc1ccc(CCNC(=O)CSc2nnc(NC(=O)c3cc(Cl)ccc3Cl)s2)cc1OC. The van der Waals surface area contributed by atoms with E-state index < -0.39 is 5.91 Å². The van der Waals surface area contributed by atoms with Crippen LogP contribution in [0.25, 0.3) is 0 Å². The van der Waals surface area contributed by atoms with Gasteiger partial charge in [0.15, 0.2) is 15.8 Å². The van der Waals surface area contributed by atoms with Gasteiger partial charge in [-0.1, -0.05) is 52.4 Å². The number of anilines is 1. The van der Waals surface area contributed by atoms with Gasteiger partial charge >= 0.3 is 0 Å². The standard InChI is InChI=1S/C21H20Cl2N4O4S2/c1-30-16-6-3-12(9-17(16)31-2)7-8-24-18(28)11-32-21-27-26-20(33-21)25-19(29)14-10-13(22)4-5-15(14)23/h3-6,9-10H,7-8,11H2,1-2H3,(H,24,28)(H,25,26,29). The number of thioether (sulfide) groups is 1. The van der Waals surface area contributed by atoms with E-state index in [9.17, 15) is 9.59 Å². The van der Waals surface area contributed by atoms with Crippen molar-refractivity contribution in [2.45, 2.75) is 10.8 Å². The van der Waals surface area contributed by atoms with E-state index in [1.165, 1.54) is 17.8 Å². The maximum absolute atomic E-state index is 12.4. The molecule has 0 saturated carbocycles. The minimum atomic E-state index is -0.442. The van der Waals surface area contributed by atoms with Crippen molar-refractivity contribution in [3.8, 4) is 11.5 Å². The first-order chi connectivity index (χ1) is 15.9. The Bertz CT molecular complexity index is 1140. The highest BCUT2D eigenvalue weighted by Crippen LogP contribution is 2.28. The molecule has 33 heavy (non-hydrogen) atoms. The Hall–Kier alpha value is -2.53. The summed E-state index contributed by atoms with van der Waals surface area (Å²) in [6, 6.07) is 10.3. The lowest BCUT2D eigenvalue weighted by atomic mass is 10.1. The number of ether oxygens (including phenoxy) is 2. The highest BCUT2D eigenvalue weighted by molar-refractivity contribution is 8.01. The predicted octanol–water partition coefficient (Wildman–Crippen LogP) is 4.57. The van der Waals surface area contributed by atoms with Gasteiger partial charge in [0.05, 0.1) is 30.6 Å². The molecule has 2 amide bonds. The Morgan fingerprint density at radius 2 is 1.85 bits per heavy atom. The fourth-order valence-corrected chi connectivity index (χ4v) is 4.67. The van der Waals surface area contributed by atoms with Gasteiger partial charge in [-0.3, -0.25) is 14.9 Å². The van der Waals surface area contributed by atoms with Gasteiger partial charge < -0.3 is 14.8 Å². The first-order valence-corrected chi connectivity index (χ1v) is 12.2. The molecule has 3 aromatic rings. The maximum atomic E-state index is 12.4. The third kappa shape index (κ3) is 7.23. The fraction of sp³-hybridized carbons (Fsp3) is 0.238. The molecule has 0 spiro atoms. The molecule has 0 bridgehead atoms. The van der Waals surface area contributed by atoms with Crippen LogP contribution in [0.1, 0.15) is 15.9 Å². The Labute approximate surface area is 209 Å². The van der Waals surface area contributed by atoms with E-state index in [-0.39, 0.29) is 22.2 Å². The van der Waals surface area contributed by atoms with Gasteiger partial charge in [0.1, 0.15) is 0 Å². The number of amides is 2. The summed E-state index contributed by atoms with van der Waals surface area (Å²) in [6.07, 6.45) is 0.651. The molecule has 3 rings (SSSR count). The molecule has 174 valence electrons. The molecule has 0 aliphatic heterocycles. The number of nitrogens with one attached hydrogen (secondary N) is 2. The van der Waals surface area contributed by atoms with Crippen LogP contribution in [0.5, 0.6) is 11.5 Å². The molecule has 0 saturated heterocycles. The molecule has 0 radical (unpaired) electrons. The molecule has 2 N–H and O–H groups in total. The normalized spacial score (nSPS) is 10.5. The van der Waals surface area contributed by atoms with Crippen molar-refractivity contribution >= 4 is 63.2 Å². The van der Waals surface area contributed by atoms with Crippen molar-refractivity contribution in [1.29, 1.82) is 0 Å². The molecule has 1 heterocycles. The van der Waals surface area contributed by atoms with Gasteiger partial charge in [0.2, 0.25) is 11.0 Å². The first-order valence-electron chi connectivity index (χ1n) is 9.60.